The molecule has 6 rings (SSSR count). The molecular weight excluding hydrogens is 596 g/mol. The van der Waals surface area contributed by atoms with Gasteiger partial charge in [-0.1, -0.05) is 12.1 Å². The summed E-state index contributed by atoms with van der Waals surface area (Å²) in [6.45, 7) is -0.158. The second kappa shape index (κ2) is 11.8. The van der Waals surface area contributed by atoms with E-state index in [0.717, 1.165) is 4.88 Å². The van der Waals surface area contributed by atoms with Gasteiger partial charge in [0, 0.05) is 35.5 Å². The van der Waals surface area contributed by atoms with Crippen LogP contribution in [0.15, 0.2) is 70.6 Å². The van der Waals surface area contributed by atoms with Gasteiger partial charge in [0.2, 0.25) is 15.9 Å². The van der Waals surface area contributed by atoms with Crippen LogP contribution in [0.2, 0.25) is 0 Å². The Morgan fingerprint density at radius 1 is 1.19 bits per heavy atom. The number of Topliss-reactive ketones (excluding diaryl/α,β-unsaturated/α-hetero) is 1. The number of amides is 2. The average molecular weight is 625 g/mol. The molecule has 2 fully saturated rings. The van der Waals surface area contributed by atoms with Crippen LogP contribution in [0.4, 0.5) is 4.79 Å². The Hall–Kier alpha value is -4.27. The first-order chi connectivity index (χ1) is 20.7. The van der Waals surface area contributed by atoms with Gasteiger partial charge >= 0.3 is 6.09 Å². The summed E-state index contributed by atoms with van der Waals surface area (Å²) in [7, 11) is -2.34. The number of ketones is 1. The zero-order valence-electron chi connectivity index (χ0n) is 23.0. The van der Waals surface area contributed by atoms with E-state index in [9.17, 15) is 22.8 Å². The Morgan fingerprint density at radius 3 is 2.79 bits per heavy atom. The number of pyridine rings is 1. The van der Waals surface area contributed by atoms with Crippen LogP contribution in [0.5, 0.6) is 11.7 Å². The van der Waals surface area contributed by atoms with Crippen molar-refractivity contribution in [3.05, 3.63) is 76.7 Å². The van der Waals surface area contributed by atoms with Crippen LogP contribution >= 0.6 is 11.3 Å². The van der Waals surface area contributed by atoms with Crippen molar-refractivity contribution in [2.45, 2.75) is 36.7 Å². The van der Waals surface area contributed by atoms with Gasteiger partial charge in [0.15, 0.2) is 5.78 Å². The van der Waals surface area contributed by atoms with Crippen molar-refractivity contribution in [1.29, 1.82) is 0 Å². The number of nitrogens with zero attached hydrogens (tertiary/aromatic N) is 3. The topological polar surface area (TPSA) is 148 Å². The van der Waals surface area contributed by atoms with Crippen molar-refractivity contribution in [3.8, 4) is 11.7 Å². The first-order valence-electron chi connectivity index (χ1n) is 13.5. The van der Waals surface area contributed by atoms with E-state index in [-0.39, 0.29) is 37.0 Å². The molecule has 0 radical (unpaired) electrons. The molecule has 3 aromatic heterocycles. The minimum Gasteiger partial charge on any atom is -0.497 e. The number of benzene rings is 1. The zero-order chi connectivity index (χ0) is 30.1. The van der Waals surface area contributed by atoms with Crippen LogP contribution in [-0.2, 0) is 31.8 Å². The summed E-state index contributed by atoms with van der Waals surface area (Å²) in [5.74, 6) is -0.662. The van der Waals surface area contributed by atoms with Crippen LogP contribution in [0.1, 0.15) is 17.0 Å². The van der Waals surface area contributed by atoms with Gasteiger partial charge in [0.05, 0.1) is 25.4 Å². The highest BCUT2D eigenvalue weighted by molar-refractivity contribution is 7.88. The summed E-state index contributed by atoms with van der Waals surface area (Å²) in [5, 5.41) is 5.16. The molecule has 0 aliphatic carbocycles. The molecule has 12 nitrogen and oxygen atoms in total. The Kier molecular flexibility index (Phi) is 7.90. The Labute approximate surface area is 251 Å². The molecule has 14 heteroatoms. The van der Waals surface area contributed by atoms with Crippen LogP contribution < -0.4 is 14.8 Å². The van der Waals surface area contributed by atoms with E-state index in [1.807, 2.05) is 17.5 Å². The molecule has 2 saturated heterocycles. The number of ether oxygens (including phenoxy) is 2. The molecule has 5 heterocycles. The second-order valence-electron chi connectivity index (χ2n) is 10.3. The third-order valence-corrected chi connectivity index (χ3v) is 10.2. The van der Waals surface area contributed by atoms with Crippen molar-refractivity contribution in [1.82, 2.24) is 19.5 Å². The molecule has 2 aliphatic rings. The summed E-state index contributed by atoms with van der Waals surface area (Å²) >= 11 is 1.42. The number of sulfonamides is 1. The summed E-state index contributed by atoms with van der Waals surface area (Å²) in [4.78, 5) is 46.4. The van der Waals surface area contributed by atoms with Gasteiger partial charge in [0.25, 0.3) is 5.95 Å². The molecule has 2 aliphatic heterocycles. The van der Waals surface area contributed by atoms with E-state index in [1.165, 1.54) is 39.9 Å². The van der Waals surface area contributed by atoms with Crippen molar-refractivity contribution < 1.29 is 36.7 Å². The first kappa shape index (κ1) is 28.8. The average Bonchev–Trinajstić information content (AvgIpc) is 3.78. The minimum atomic E-state index is -3.87. The summed E-state index contributed by atoms with van der Waals surface area (Å²) in [6, 6.07) is 12.6. The Balaban J connectivity index is 1.18. The van der Waals surface area contributed by atoms with Crippen molar-refractivity contribution in [3.63, 3.8) is 0 Å². The SMILES string of the molecule is COc1ccc2oc(OC(=O)NC(Cc3cccs3)C(=O)N3CCC4C3C(=O)CN4S(=O)(=O)Cc3ccccn3)cc2c1. The number of fused-ring (bicyclic) bond motifs is 2. The number of likely N-dealkylation sites (tertiary alicyclic amines) is 1. The number of methoxy groups -OCH3 is 1. The van der Waals surface area contributed by atoms with Gasteiger partial charge in [-0.05, 0) is 48.2 Å². The molecule has 0 spiro atoms. The van der Waals surface area contributed by atoms with Crippen molar-refractivity contribution >= 4 is 50.1 Å². The van der Waals surface area contributed by atoms with E-state index >= 15 is 0 Å². The van der Waals surface area contributed by atoms with Crippen LogP contribution in [-0.4, -0.2) is 78.7 Å². The third kappa shape index (κ3) is 5.98. The van der Waals surface area contributed by atoms with E-state index in [4.69, 9.17) is 13.9 Å². The number of hydrogen-bond donors (Lipinski definition) is 1. The molecule has 224 valence electrons. The smallest absolute Gasteiger partial charge is 0.415 e. The number of rotatable bonds is 9. The van der Waals surface area contributed by atoms with Crippen LogP contribution in [0.3, 0.4) is 0 Å². The summed E-state index contributed by atoms with van der Waals surface area (Å²) in [5.41, 5.74) is 0.854. The number of thiophene rings is 1. The highest BCUT2D eigenvalue weighted by Gasteiger charge is 2.54. The molecule has 0 bridgehead atoms. The third-order valence-electron chi connectivity index (χ3n) is 7.54. The number of nitrogens with one attached hydrogen (secondary N) is 1. The predicted octanol–water partition coefficient (Wildman–Crippen LogP) is 2.98. The molecular formula is C29H28N4O8S2. The van der Waals surface area contributed by atoms with Gasteiger partial charge in [-0.2, -0.15) is 4.31 Å². The van der Waals surface area contributed by atoms with Gasteiger partial charge in [0.1, 0.15) is 29.2 Å². The Bertz CT molecular complexity index is 1760. The summed E-state index contributed by atoms with van der Waals surface area (Å²) < 4.78 is 43.9. The fourth-order valence-corrected chi connectivity index (χ4v) is 8.02. The maximum Gasteiger partial charge on any atom is 0.415 e. The predicted molar refractivity (Wildman–Crippen MR) is 156 cm³/mol. The van der Waals surface area contributed by atoms with E-state index in [2.05, 4.69) is 10.3 Å². The van der Waals surface area contributed by atoms with Crippen LogP contribution in [0.25, 0.3) is 11.0 Å². The minimum absolute atomic E-state index is 0.0657. The standard InChI is InChI=1S/C29H28N4O8S2/c1-39-20-7-8-25-18(13-20)14-26(40-25)41-29(36)31-22(15-21-6-4-12-42-21)28(35)32-11-9-23-27(32)24(34)16-33(23)43(37,38)17-19-5-2-3-10-30-19/h2-8,10,12-14,22-23,27H,9,11,15-17H2,1H3,(H,31,36). The van der Waals surface area contributed by atoms with Crippen LogP contribution in [0, 0.1) is 0 Å². The largest absolute Gasteiger partial charge is 0.497 e. The van der Waals surface area contributed by atoms with E-state index in [0.29, 0.717) is 28.8 Å². The van der Waals surface area contributed by atoms with E-state index < -0.39 is 40.1 Å². The number of hydrogen-bond acceptors (Lipinski definition) is 10. The lowest BCUT2D eigenvalue weighted by atomic mass is 10.1. The molecule has 1 aromatic carbocycles. The Morgan fingerprint density at radius 2 is 2.05 bits per heavy atom. The number of furan rings is 1. The molecule has 0 saturated carbocycles. The fraction of sp³-hybridized carbons (Fsp3) is 0.310. The number of aromatic nitrogens is 1. The maximum atomic E-state index is 13.9. The van der Waals surface area contributed by atoms with Gasteiger partial charge in [-0.15, -0.1) is 11.3 Å². The lowest BCUT2D eigenvalue weighted by Gasteiger charge is -2.28. The molecule has 3 unspecified atom stereocenters. The lowest BCUT2D eigenvalue weighted by Crippen LogP contribution is -2.53. The van der Waals surface area contributed by atoms with Crippen molar-refractivity contribution in [2.75, 3.05) is 20.2 Å². The quantitative estimate of drug-likeness (QED) is 0.297. The monoisotopic (exact) mass is 624 g/mol. The molecule has 2 amide bonds. The van der Waals surface area contributed by atoms with Gasteiger partial charge < -0.3 is 24.1 Å². The molecule has 43 heavy (non-hydrogen) atoms. The maximum absolute atomic E-state index is 13.9. The van der Waals surface area contributed by atoms with Gasteiger partial charge in [-0.3, -0.25) is 14.6 Å². The zero-order valence-corrected chi connectivity index (χ0v) is 24.7. The molecule has 3 atom stereocenters. The molecule has 1 N–H and O–H groups in total. The number of carbonyl (C=O) groups is 3. The van der Waals surface area contributed by atoms with Gasteiger partial charge in [-0.25, -0.2) is 13.2 Å². The first-order valence-corrected chi connectivity index (χ1v) is 16.0. The normalized spacial score (nSPS) is 19.4. The number of carbonyl (C=O) groups excluding carboxylic acids is 3. The second-order valence-corrected chi connectivity index (χ2v) is 13.2. The molecule has 4 aromatic rings. The highest BCUT2D eigenvalue weighted by atomic mass is 32.2. The van der Waals surface area contributed by atoms with E-state index in [1.54, 1.807) is 36.4 Å². The fourth-order valence-electron chi connectivity index (χ4n) is 5.60. The highest BCUT2D eigenvalue weighted by Crippen LogP contribution is 2.33. The summed E-state index contributed by atoms with van der Waals surface area (Å²) in [6.07, 6.45) is 1.05. The lowest BCUT2D eigenvalue weighted by molar-refractivity contribution is -0.138. The van der Waals surface area contributed by atoms with Crippen molar-refractivity contribution in [2.24, 2.45) is 0 Å².